The Bertz CT molecular complexity index is 299. The molecule has 1 fully saturated rings. The molecule has 0 saturated heterocycles. The van der Waals surface area contributed by atoms with Crippen molar-refractivity contribution >= 4 is 0 Å². The second-order valence-electron chi connectivity index (χ2n) is 5.51. The Labute approximate surface area is 105 Å². The molecule has 0 aromatic carbocycles. The maximum atomic E-state index is 5.25. The molecule has 1 aromatic rings. The van der Waals surface area contributed by atoms with Crippen LogP contribution in [-0.2, 0) is 0 Å². The fourth-order valence-corrected chi connectivity index (χ4v) is 2.93. The van der Waals surface area contributed by atoms with E-state index in [9.17, 15) is 0 Å². The van der Waals surface area contributed by atoms with Crippen molar-refractivity contribution in [2.75, 3.05) is 6.54 Å². The molecule has 2 heteroatoms. The molecular formula is C15H25NO. The lowest BCUT2D eigenvalue weighted by Crippen LogP contribution is -2.31. The van der Waals surface area contributed by atoms with E-state index >= 15 is 0 Å². The fourth-order valence-electron chi connectivity index (χ4n) is 2.93. The smallest absolute Gasteiger partial charge is 0.0950 e. The summed E-state index contributed by atoms with van der Waals surface area (Å²) in [6.07, 6.45) is 10.4. The van der Waals surface area contributed by atoms with E-state index in [0.29, 0.717) is 6.04 Å². The van der Waals surface area contributed by atoms with Gasteiger partial charge in [-0.2, -0.15) is 0 Å². The Morgan fingerprint density at radius 2 is 2.12 bits per heavy atom. The van der Waals surface area contributed by atoms with Crippen LogP contribution in [0.25, 0.3) is 0 Å². The second kappa shape index (κ2) is 6.25. The average molecular weight is 235 g/mol. The lowest BCUT2D eigenvalue weighted by Gasteiger charge is -2.33. The zero-order valence-electron chi connectivity index (χ0n) is 11.1. The van der Waals surface area contributed by atoms with Crippen LogP contribution in [0.15, 0.2) is 23.0 Å². The van der Waals surface area contributed by atoms with Gasteiger partial charge in [0.2, 0.25) is 0 Å². The van der Waals surface area contributed by atoms with Crippen LogP contribution < -0.4 is 5.32 Å². The van der Waals surface area contributed by atoms with Crippen LogP contribution in [0.5, 0.6) is 0 Å². The van der Waals surface area contributed by atoms with Gasteiger partial charge in [0.1, 0.15) is 0 Å². The Balaban J connectivity index is 2.00. The predicted octanol–water partition coefficient (Wildman–Crippen LogP) is 4.15. The molecular weight excluding hydrogens is 210 g/mol. The minimum absolute atomic E-state index is 0.501. The van der Waals surface area contributed by atoms with E-state index in [0.717, 1.165) is 18.4 Å². The molecule has 1 N–H and O–H groups in total. The number of hydrogen-bond donors (Lipinski definition) is 1. The lowest BCUT2D eigenvalue weighted by atomic mass is 9.77. The van der Waals surface area contributed by atoms with E-state index in [4.69, 9.17) is 4.42 Å². The maximum Gasteiger partial charge on any atom is 0.0950 e. The van der Waals surface area contributed by atoms with Crippen LogP contribution in [0.3, 0.4) is 0 Å². The number of furan rings is 1. The molecule has 2 rings (SSSR count). The molecule has 17 heavy (non-hydrogen) atoms. The number of rotatable bonds is 5. The molecule has 1 unspecified atom stereocenters. The van der Waals surface area contributed by atoms with Gasteiger partial charge in [0.15, 0.2) is 0 Å². The van der Waals surface area contributed by atoms with Crippen molar-refractivity contribution in [3.63, 3.8) is 0 Å². The van der Waals surface area contributed by atoms with E-state index in [1.807, 2.05) is 6.26 Å². The summed E-state index contributed by atoms with van der Waals surface area (Å²) in [6.45, 7) is 5.70. The van der Waals surface area contributed by atoms with E-state index in [1.165, 1.54) is 37.7 Å². The monoisotopic (exact) mass is 235 g/mol. The molecule has 1 aliphatic rings. The van der Waals surface area contributed by atoms with Crippen molar-refractivity contribution in [1.82, 2.24) is 5.32 Å². The average Bonchev–Trinajstić information content (AvgIpc) is 2.85. The molecule has 0 spiro atoms. The predicted molar refractivity (Wildman–Crippen MR) is 70.9 cm³/mol. The molecule has 0 radical (unpaired) electrons. The van der Waals surface area contributed by atoms with E-state index in [-0.39, 0.29) is 0 Å². The molecule has 1 atom stereocenters. The first-order chi connectivity index (χ1) is 8.31. The molecule has 96 valence electrons. The highest BCUT2D eigenvalue weighted by Gasteiger charge is 2.27. The van der Waals surface area contributed by atoms with Crippen molar-refractivity contribution in [1.29, 1.82) is 0 Å². The summed E-state index contributed by atoms with van der Waals surface area (Å²) in [5, 5.41) is 3.70. The van der Waals surface area contributed by atoms with Crippen molar-refractivity contribution in [2.24, 2.45) is 11.8 Å². The highest BCUT2D eigenvalue weighted by molar-refractivity contribution is 5.13. The van der Waals surface area contributed by atoms with Crippen LogP contribution >= 0.6 is 0 Å². The van der Waals surface area contributed by atoms with Crippen LogP contribution in [0, 0.1) is 11.8 Å². The van der Waals surface area contributed by atoms with Gasteiger partial charge in [0.25, 0.3) is 0 Å². The van der Waals surface area contributed by atoms with E-state index in [2.05, 4.69) is 25.2 Å². The van der Waals surface area contributed by atoms with Gasteiger partial charge in [-0.15, -0.1) is 0 Å². The van der Waals surface area contributed by atoms with Gasteiger partial charge < -0.3 is 9.73 Å². The third kappa shape index (κ3) is 3.35. The van der Waals surface area contributed by atoms with Gasteiger partial charge in [0.05, 0.1) is 12.5 Å². The van der Waals surface area contributed by atoms with Crippen LogP contribution in [0.2, 0.25) is 0 Å². The highest BCUT2D eigenvalue weighted by atomic mass is 16.3. The minimum Gasteiger partial charge on any atom is -0.472 e. The molecule has 0 bridgehead atoms. The molecule has 0 aliphatic heterocycles. The quantitative estimate of drug-likeness (QED) is 0.829. The third-order valence-corrected chi connectivity index (χ3v) is 4.05. The summed E-state index contributed by atoms with van der Waals surface area (Å²) in [6, 6.07) is 2.62. The van der Waals surface area contributed by atoms with Crippen LogP contribution in [-0.4, -0.2) is 6.54 Å². The van der Waals surface area contributed by atoms with Gasteiger partial charge in [-0.25, -0.2) is 0 Å². The minimum atomic E-state index is 0.501. The Kier molecular flexibility index (Phi) is 4.66. The normalized spacial score (nSPS) is 26.9. The zero-order chi connectivity index (χ0) is 12.1. The van der Waals surface area contributed by atoms with E-state index < -0.39 is 0 Å². The summed E-state index contributed by atoms with van der Waals surface area (Å²) < 4.78 is 5.25. The molecule has 1 aromatic heterocycles. The second-order valence-corrected chi connectivity index (χ2v) is 5.51. The van der Waals surface area contributed by atoms with Gasteiger partial charge in [-0.1, -0.05) is 26.7 Å². The van der Waals surface area contributed by atoms with Crippen molar-refractivity contribution in [2.45, 2.75) is 52.0 Å². The Morgan fingerprint density at radius 1 is 1.35 bits per heavy atom. The topological polar surface area (TPSA) is 25.2 Å². The first kappa shape index (κ1) is 12.7. The Hall–Kier alpha value is -0.760. The molecule has 2 nitrogen and oxygen atoms in total. The molecule has 0 amide bonds. The van der Waals surface area contributed by atoms with Gasteiger partial charge >= 0.3 is 0 Å². The molecule has 1 aliphatic carbocycles. The molecule has 1 heterocycles. The van der Waals surface area contributed by atoms with Crippen LogP contribution in [0.1, 0.15) is 57.6 Å². The fraction of sp³-hybridized carbons (Fsp3) is 0.733. The zero-order valence-corrected chi connectivity index (χ0v) is 11.1. The largest absolute Gasteiger partial charge is 0.472 e. The first-order valence-electron chi connectivity index (χ1n) is 7.06. The standard InChI is InChI=1S/C15H25NO/c1-3-9-16-15(14-8-10-17-11-14)13-6-4-12(2)5-7-13/h8,10-13,15-16H,3-7,9H2,1-2H3. The lowest BCUT2D eigenvalue weighted by molar-refractivity contribution is 0.231. The number of nitrogens with one attached hydrogen (secondary N) is 1. The summed E-state index contributed by atoms with van der Waals surface area (Å²) in [5.41, 5.74) is 1.33. The first-order valence-corrected chi connectivity index (χ1v) is 7.06. The summed E-state index contributed by atoms with van der Waals surface area (Å²) in [7, 11) is 0. The SMILES string of the molecule is CCCNC(c1ccoc1)C1CCC(C)CC1. The summed E-state index contributed by atoms with van der Waals surface area (Å²) >= 11 is 0. The highest BCUT2D eigenvalue weighted by Crippen LogP contribution is 2.36. The maximum absolute atomic E-state index is 5.25. The summed E-state index contributed by atoms with van der Waals surface area (Å²) in [4.78, 5) is 0. The Morgan fingerprint density at radius 3 is 2.71 bits per heavy atom. The van der Waals surface area contributed by atoms with Crippen molar-refractivity contribution in [3.8, 4) is 0 Å². The summed E-state index contributed by atoms with van der Waals surface area (Å²) in [5.74, 6) is 1.71. The van der Waals surface area contributed by atoms with E-state index in [1.54, 1.807) is 6.26 Å². The van der Waals surface area contributed by atoms with Gasteiger partial charge in [-0.05, 0) is 43.7 Å². The van der Waals surface area contributed by atoms with Gasteiger partial charge in [-0.3, -0.25) is 0 Å². The number of hydrogen-bond acceptors (Lipinski definition) is 2. The van der Waals surface area contributed by atoms with Crippen molar-refractivity contribution < 1.29 is 4.42 Å². The third-order valence-electron chi connectivity index (χ3n) is 4.05. The van der Waals surface area contributed by atoms with Crippen LogP contribution in [0.4, 0.5) is 0 Å². The van der Waals surface area contributed by atoms with Crippen molar-refractivity contribution in [3.05, 3.63) is 24.2 Å². The van der Waals surface area contributed by atoms with Gasteiger partial charge in [0, 0.05) is 11.6 Å². The molecule has 1 saturated carbocycles.